The molecule has 1 fully saturated rings. The number of hydroxylamine groups is 1. The molecule has 2 aromatic rings. The normalized spacial score (nSPS) is 19.2. The number of benzene rings is 2. The van der Waals surface area contributed by atoms with Gasteiger partial charge in [-0.25, -0.2) is 5.48 Å². The number of nitrogens with zero attached hydrogens (tertiary/aromatic N) is 1. The highest BCUT2D eigenvalue weighted by Crippen LogP contribution is 2.30. The van der Waals surface area contributed by atoms with Crippen LogP contribution in [0.15, 0.2) is 54.6 Å². The average molecular weight is 489 g/mol. The predicted molar refractivity (Wildman–Crippen MR) is 138 cm³/mol. The average Bonchev–Trinajstić information content (AvgIpc) is 2.90. The number of ether oxygens (including phenoxy) is 1. The van der Waals surface area contributed by atoms with Gasteiger partial charge in [0.2, 0.25) is 0 Å². The highest BCUT2D eigenvalue weighted by Gasteiger charge is 2.32. The molecule has 0 bridgehead atoms. The van der Waals surface area contributed by atoms with Crippen molar-refractivity contribution in [2.75, 3.05) is 19.7 Å². The van der Waals surface area contributed by atoms with Crippen molar-refractivity contribution in [1.29, 1.82) is 0 Å². The Bertz CT molecular complexity index is 1050. The van der Waals surface area contributed by atoms with Crippen LogP contribution in [0, 0.1) is 23.7 Å². The number of nitrogens with one attached hydrogen (secondary N) is 1. The van der Waals surface area contributed by atoms with Crippen LogP contribution in [0.25, 0.3) is 0 Å². The molecule has 190 valence electrons. The Hall–Kier alpha value is -3.14. The Morgan fingerprint density at radius 3 is 2.36 bits per heavy atom. The first-order valence-corrected chi connectivity index (χ1v) is 13.1. The lowest BCUT2D eigenvalue weighted by molar-refractivity contribution is -0.150. The molecular formula is C30H36N2O4. The zero-order valence-electron chi connectivity index (χ0n) is 20.8. The number of carbonyl (C=O) groups excluding carboxylic acids is 2. The van der Waals surface area contributed by atoms with Gasteiger partial charge in [0.15, 0.2) is 0 Å². The molecule has 36 heavy (non-hydrogen) atoms. The minimum atomic E-state index is -0.505. The summed E-state index contributed by atoms with van der Waals surface area (Å²) in [5.74, 6) is 4.71. The fraction of sp³-hybridized carbons (Fsp3) is 0.467. The lowest BCUT2D eigenvalue weighted by Gasteiger charge is -2.25. The Kier molecular flexibility index (Phi) is 9.54. The topological polar surface area (TPSA) is 78.9 Å². The zero-order chi connectivity index (χ0) is 25.2. The van der Waals surface area contributed by atoms with Gasteiger partial charge in [0, 0.05) is 13.1 Å². The van der Waals surface area contributed by atoms with Crippen LogP contribution in [-0.2, 0) is 27.3 Å². The quantitative estimate of drug-likeness (QED) is 0.200. The minimum absolute atomic E-state index is 0.0358. The Labute approximate surface area is 214 Å². The van der Waals surface area contributed by atoms with Crippen molar-refractivity contribution >= 4 is 11.9 Å². The number of carbonyl (C=O) groups is 2. The summed E-state index contributed by atoms with van der Waals surface area (Å²) in [6.07, 6.45) is 7.41. The van der Waals surface area contributed by atoms with Gasteiger partial charge in [-0.05, 0) is 48.9 Å². The van der Waals surface area contributed by atoms with Crippen molar-refractivity contribution in [3.8, 4) is 11.8 Å². The molecule has 0 saturated heterocycles. The van der Waals surface area contributed by atoms with Crippen LogP contribution in [-0.4, -0.2) is 41.7 Å². The van der Waals surface area contributed by atoms with Crippen molar-refractivity contribution in [2.45, 2.75) is 57.4 Å². The lowest BCUT2D eigenvalue weighted by Crippen LogP contribution is -2.34. The van der Waals surface area contributed by atoms with Crippen molar-refractivity contribution < 1.29 is 19.5 Å². The second-order valence-electron chi connectivity index (χ2n) is 9.83. The van der Waals surface area contributed by atoms with Crippen LogP contribution in [0.2, 0.25) is 0 Å². The Morgan fingerprint density at radius 2 is 1.69 bits per heavy atom. The van der Waals surface area contributed by atoms with Gasteiger partial charge in [-0.3, -0.25) is 19.7 Å². The molecular weight excluding hydrogens is 452 g/mol. The van der Waals surface area contributed by atoms with Crippen molar-refractivity contribution in [3.63, 3.8) is 0 Å². The van der Waals surface area contributed by atoms with Gasteiger partial charge in [0.1, 0.15) is 12.5 Å². The van der Waals surface area contributed by atoms with Gasteiger partial charge in [-0.15, -0.1) is 0 Å². The number of aryl methyl sites for hydroxylation is 1. The van der Waals surface area contributed by atoms with E-state index in [4.69, 9.17) is 9.94 Å². The lowest BCUT2D eigenvalue weighted by atomic mass is 9.79. The number of rotatable bonds is 12. The van der Waals surface area contributed by atoms with Gasteiger partial charge in [-0.1, -0.05) is 85.7 Å². The second kappa shape index (κ2) is 13.2. The summed E-state index contributed by atoms with van der Waals surface area (Å²) in [6.45, 7) is 2.77. The second-order valence-corrected chi connectivity index (χ2v) is 9.83. The third kappa shape index (κ3) is 7.19. The molecule has 2 aliphatic rings. The predicted octanol–water partition coefficient (Wildman–Crippen LogP) is 4.47. The van der Waals surface area contributed by atoms with Gasteiger partial charge in [0.25, 0.3) is 5.91 Å². The highest BCUT2D eigenvalue weighted by molar-refractivity contribution is 5.84. The van der Waals surface area contributed by atoms with Gasteiger partial charge < -0.3 is 4.74 Å². The van der Waals surface area contributed by atoms with Crippen LogP contribution >= 0.6 is 0 Å². The molecule has 2 unspecified atom stereocenters. The monoisotopic (exact) mass is 488 g/mol. The first kappa shape index (κ1) is 25.9. The van der Waals surface area contributed by atoms with E-state index in [-0.39, 0.29) is 17.8 Å². The molecule has 1 saturated carbocycles. The summed E-state index contributed by atoms with van der Waals surface area (Å²) in [5.41, 5.74) is 5.16. The highest BCUT2D eigenvalue weighted by atomic mass is 16.5. The maximum atomic E-state index is 12.5. The number of esters is 1. The zero-order valence-corrected chi connectivity index (χ0v) is 20.8. The first-order chi connectivity index (χ1) is 17.6. The number of hydrogen-bond donors (Lipinski definition) is 2. The molecule has 1 amide bonds. The molecule has 0 spiro atoms. The molecule has 0 aromatic heterocycles. The van der Waals surface area contributed by atoms with Gasteiger partial charge in [-0.2, -0.15) is 0 Å². The largest absolute Gasteiger partial charge is 0.464 e. The number of amides is 1. The van der Waals surface area contributed by atoms with E-state index in [9.17, 15) is 9.59 Å². The SMILES string of the molecule is O=C(OCCN(CCCc1ccccc1)Cc1ccc(C2C#CC2C(=O)NO)cc1)C1CCCCC1. The van der Waals surface area contributed by atoms with Crippen LogP contribution in [0.1, 0.15) is 61.1 Å². The molecule has 0 radical (unpaired) electrons. The molecule has 2 N–H and O–H groups in total. The summed E-state index contributed by atoms with van der Waals surface area (Å²) in [6, 6.07) is 18.6. The maximum Gasteiger partial charge on any atom is 0.308 e. The third-order valence-electron chi connectivity index (χ3n) is 7.24. The summed E-state index contributed by atoms with van der Waals surface area (Å²) >= 11 is 0. The molecule has 2 aliphatic carbocycles. The van der Waals surface area contributed by atoms with E-state index in [1.807, 2.05) is 18.2 Å². The van der Waals surface area contributed by atoms with E-state index in [2.05, 4.69) is 53.1 Å². The molecule has 2 atom stereocenters. The van der Waals surface area contributed by atoms with E-state index in [0.717, 1.165) is 62.7 Å². The molecule has 4 rings (SSSR count). The van der Waals surface area contributed by atoms with E-state index < -0.39 is 11.8 Å². The molecule has 0 heterocycles. The summed E-state index contributed by atoms with van der Waals surface area (Å²) in [5, 5.41) is 8.90. The van der Waals surface area contributed by atoms with Crippen LogP contribution in [0.4, 0.5) is 0 Å². The first-order valence-electron chi connectivity index (χ1n) is 13.1. The van der Waals surface area contributed by atoms with E-state index in [1.54, 1.807) is 5.48 Å². The Morgan fingerprint density at radius 1 is 0.944 bits per heavy atom. The van der Waals surface area contributed by atoms with E-state index in [0.29, 0.717) is 13.2 Å². The summed E-state index contributed by atoms with van der Waals surface area (Å²) in [7, 11) is 0. The maximum absolute atomic E-state index is 12.5. The van der Waals surface area contributed by atoms with Crippen molar-refractivity contribution in [2.24, 2.45) is 11.8 Å². The molecule has 2 aromatic carbocycles. The van der Waals surface area contributed by atoms with E-state index in [1.165, 1.54) is 12.0 Å². The Balaban J connectivity index is 1.32. The van der Waals surface area contributed by atoms with Gasteiger partial charge in [0.05, 0.1) is 11.8 Å². The summed E-state index contributed by atoms with van der Waals surface area (Å²) < 4.78 is 5.68. The van der Waals surface area contributed by atoms with Crippen LogP contribution < -0.4 is 5.48 Å². The molecule has 6 heteroatoms. The fourth-order valence-electron chi connectivity index (χ4n) is 5.05. The standard InChI is InChI=1S/C30H36N2O4/c33-29(31-35)28-18-17-27(28)25-15-13-24(14-16-25)22-32(19-7-10-23-8-3-1-4-9-23)20-21-36-30(34)26-11-5-2-6-12-26/h1,3-4,8-9,13-16,26-28,35H,2,5-7,10-12,19-22H2,(H,31,33). The van der Waals surface area contributed by atoms with Crippen molar-refractivity contribution in [1.82, 2.24) is 10.4 Å². The summed E-state index contributed by atoms with van der Waals surface area (Å²) in [4.78, 5) is 26.6. The number of hydrogen-bond acceptors (Lipinski definition) is 5. The minimum Gasteiger partial charge on any atom is -0.464 e. The smallest absolute Gasteiger partial charge is 0.308 e. The van der Waals surface area contributed by atoms with Gasteiger partial charge >= 0.3 is 5.97 Å². The van der Waals surface area contributed by atoms with Crippen LogP contribution in [0.5, 0.6) is 0 Å². The van der Waals surface area contributed by atoms with Crippen molar-refractivity contribution in [3.05, 3.63) is 71.3 Å². The molecule has 6 nitrogen and oxygen atoms in total. The van der Waals surface area contributed by atoms with Crippen LogP contribution in [0.3, 0.4) is 0 Å². The fourth-order valence-corrected chi connectivity index (χ4v) is 5.05. The third-order valence-corrected chi connectivity index (χ3v) is 7.24. The molecule has 0 aliphatic heterocycles. The van der Waals surface area contributed by atoms with E-state index >= 15 is 0 Å².